The van der Waals surface area contributed by atoms with E-state index in [4.69, 9.17) is 4.74 Å². The lowest BCUT2D eigenvalue weighted by Crippen LogP contribution is -2.21. The molecule has 0 unspecified atom stereocenters. The minimum atomic E-state index is -3.68. The molecule has 142 valence electrons. The number of nitrogens with zero attached hydrogens (tertiary/aromatic N) is 1. The fourth-order valence-electron chi connectivity index (χ4n) is 2.09. The van der Waals surface area contributed by atoms with Crippen LogP contribution in [-0.4, -0.2) is 38.1 Å². The second-order valence-corrected chi connectivity index (χ2v) is 7.30. The Kier molecular flexibility index (Phi) is 5.85. The second kappa shape index (κ2) is 7.91. The number of nitro benzene ring substituents is 1. The number of halogens is 1. The van der Waals surface area contributed by atoms with Gasteiger partial charge in [0.05, 0.1) is 15.4 Å². The van der Waals surface area contributed by atoms with Crippen LogP contribution in [0.3, 0.4) is 0 Å². The second-order valence-electron chi connectivity index (χ2n) is 5.32. The third-order valence-electron chi connectivity index (χ3n) is 3.27. The molecule has 1 amide bonds. The average molecular weight is 396 g/mol. The van der Waals surface area contributed by atoms with Gasteiger partial charge in [0.1, 0.15) is 0 Å². The molecular formula is C16H13FN2O7S. The molecule has 0 saturated carbocycles. The highest BCUT2D eigenvalue weighted by Gasteiger charge is 2.20. The number of amides is 1. The maximum Gasteiger partial charge on any atom is 0.339 e. The lowest BCUT2D eigenvalue weighted by Gasteiger charge is -2.09. The molecule has 11 heteroatoms. The van der Waals surface area contributed by atoms with Gasteiger partial charge in [-0.05, 0) is 24.3 Å². The first-order valence-electron chi connectivity index (χ1n) is 7.29. The number of anilines is 1. The first-order chi connectivity index (χ1) is 12.6. The Bertz CT molecular complexity index is 1020. The number of benzene rings is 2. The van der Waals surface area contributed by atoms with Crippen LogP contribution >= 0.6 is 0 Å². The highest BCUT2D eigenvalue weighted by Crippen LogP contribution is 2.21. The number of sulfone groups is 1. The van der Waals surface area contributed by atoms with Crippen molar-refractivity contribution in [1.29, 1.82) is 0 Å². The molecule has 2 aromatic carbocycles. The summed E-state index contributed by atoms with van der Waals surface area (Å²) in [4.78, 5) is 33.4. The summed E-state index contributed by atoms with van der Waals surface area (Å²) in [6.45, 7) is -0.776. The van der Waals surface area contributed by atoms with Gasteiger partial charge in [-0.2, -0.15) is 4.39 Å². The maximum atomic E-state index is 13.3. The van der Waals surface area contributed by atoms with E-state index in [-0.39, 0.29) is 16.1 Å². The van der Waals surface area contributed by atoms with Crippen LogP contribution in [0.4, 0.5) is 15.8 Å². The fourth-order valence-corrected chi connectivity index (χ4v) is 2.97. The molecule has 0 aliphatic rings. The van der Waals surface area contributed by atoms with E-state index in [0.717, 1.165) is 24.5 Å². The maximum absolute atomic E-state index is 13.3. The van der Waals surface area contributed by atoms with Crippen molar-refractivity contribution in [3.63, 3.8) is 0 Å². The lowest BCUT2D eigenvalue weighted by atomic mass is 10.2. The number of hydrogen-bond acceptors (Lipinski definition) is 7. The van der Waals surface area contributed by atoms with Crippen LogP contribution < -0.4 is 5.32 Å². The first kappa shape index (κ1) is 20.0. The van der Waals surface area contributed by atoms with E-state index < -0.39 is 44.7 Å². The molecule has 27 heavy (non-hydrogen) atoms. The normalized spacial score (nSPS) is 10.9. The topological polar surface area (TPSA) is 133 Å². The van der Waals surface area contributed by atoms with Gasteiger partial charge in [0.2, 0.25) is 5.82 Å². The minimum Gasteiger partial charge on any atom is -0.452 e. The quantitative estimate of drug-likeness (QED) is 0.448. The molecule has 0 spiro atoms. The van der Waals surface area contributed by atoms with Gasteiger partial charge >= 0.3 is 11.7 Å². The molecule has 0 aromatic heterocycles. The van der Waals surface area contributed by atoms with Gasteiger partial charge in [0.25, 0.3) is 5.91 Å². The molecular weight excluding hydrogens is 383 g/mol. The predicted octanol–water partition coefficient (Wildman–Crippen LogP) is 1.93. The van der Waals surface area contributed by atoms with Crippen LogP contribution in [0.1, 0.15) is 10.4 Å². The molecule has 0 bridgehead atoms. The van der Waals surface area contributed by atoms with E-state index in [9.17, 15) is 32.5 Å². The van der Waals surface area contributed by atoms with Crippen molar-refractivity contribution in [3.8, 4) is 0 Å². The number of rotatable bonds is 6. The smallest absolute Gasteiger partial charge is 0.339 e. The molecule has 0 saturated heterocycles. The molecule has 0 fully saturated rings. The Labute approximate surface area is 152 Å². The molecule has 0 radical (unpaired) electrons. The molecule has 0 heterocycles. The van der Waals surface area contributed by atoms with Gasteiger partial charge in [0.15, 0.2) is 16.4 Å². The summed E-state index contributed by atoms with van der Waals surface area (Å²) in [5, 5.41) is 12.9. The highest BCUT2D eigenvalue weighted by molar-refractivity contribution is 7.90. The van der Waals surface area contributed by atoms with Gasteiger partial charge in [-0.1, -0.05) is 12.1 Å². The summed E-state index contributed by atoms with van der Waals surface area (Å²) in [5.74, 6) is -2.95. The number of nitrogens with one attached hydrogen (secondary N) is 1. The third-order valence-corrected chi connectivity index (χ3v) is 4.42. The van der Waals surface area contributed by atoms with Gasteiger partial charge < -0.3 is 10.1 Å². The number of hydrogen-bond donors (Lipinski definition) is 1. The van der Waals surface area contributed by atoms with E-state index in [2.05, 4.69) is 5.32 Å². The van der Waals surface area contributed by atoms with E-state index in [1.54, 1.807) is 0 Å². The molecule has 1 N–H and O–H groups in total. The zero-order valence-corrected chi connectivity index (χ0v) is 14.7. The van der Waals surface area contributed by atoms with E-state index in [0.29, 0.717) is 0 Å². The highest BCUT2D eigenvalue weighted by atomic mass is 32.2. The van der Waals surface area contributed by atoms with Crippen molar-refractivity contribution >= 4 is 33.1 Å². The third kappa shape index (κ3) is 5.07. The SMILES string of the molecule is CS(=O)(=O)c1ccccc1C(=O)OCC(=O)Nc1ccc(F)c([N+](=O)[O-])c1. The number of nitro groups is 1. The van der Waals surface area contributed by atoms with Gasteiger partial charge in [0, 0.05) is 18.0 Å². The van der Waals surface area contributed by atoms with Crippen LogP contribution in [-0.2, 0) is 19.4 Å². The fraction of sp³-hybridized carbons (Fsp3) is 0.125. The molecule has 2 rings (SSSR count). The Morgan fingerprint density at radius 1 is 1.22 bits per heavy atom. The van der Waals surface area contributed by atoms with Crippen molar-refractivity contribution in [2.45, 2.75) is 4.90 Å². The van der Waals surface area contributed by atoms with Crippen LogP contribution in [0.25, 0.3) is 0 Å². The number of esters is 1. The molecule has 0 atom stereocenters. The standard InChI is InChI=1S/C16H13FN2O7S/c1-27(24,25)14-5-3-2-4-11(14)16(21)26-9-15(20)18-10-6-7-12(17)13(8-10)19(22)23/h2-8H,9H2,1H3,(H,18,20). The molecule has 0 aliphatic heterocycles. The summed E-state index contributed by atoms with van der Waals surface area (Å²) in [6, 6.07) is 8.05. The zero-order chi connectivity index (χ0) is 20.2. The largest absolute Gasteiger partial charge is 0.452 e. The van der Waals surface area contributed by atoms with Crippen LogP contribution in [0.2, 0.25) is 0 Å². The van der Waals surface area contributed by atoms with Gasteiger partial charge in [-0.25, -0.2) is 13.2 Å². The minimum absolute atomic E-state index is 0.0688. The van der Waals surface area contributed by atoms with Crippen LogP contribution in [0, 0.1) is 15.9 Å². The summed E-state index contributed by atoms with van der Waals surface area (Å²) < 4.78 is 41.4. The summed E-state index contributed by atoms with van der Waals surface area (Å²) in [5.41, 5.74) is -1.13. The van der Waals surface area contributed by atoms with Crippen molar-refractivity contribution in [2.24, 2.45) is 0 Å². The van der Waals surface area contributed by atoms with E-state index in [1.165, 1.54) is 24.3 Å². The Morgan fingerprint density at radius 3 is 2.52 bits per heavy atom. The zero-order valence-electron chi connectivity index (χ0n) is 13.8. The molecule has 2 aromatic rings. The number of carbonyl (C=O) groups is 2. The Morgan fingerprint density at radius 2 is 1.89 bits per heavy atom. The predicted molar refractivity (Wildman–Crippen MR) is 91.5 cm³/mol. The molecule has 0 aliphatic carbocycles. The van der Waals surface area contributed by atoms with Crippen molar-refractivity contribution in [3.05, 3.63) is 64.0 Å². The van der Waals surface area contributed by atoms with E-state index in [1.807, 2.05) is 0 Å². The summed E-state index contributed by atoms with van der Waals surface area (Å²) in [7, 11) is -3.68. The van der Waals surface area contributed by atoms with Crippen molar-refractivity contribution in [2.75, 3.05) is 18.2 Å². The van der Waals surface area contributed by atoms with Gasteiger partial charge in [-0.15, -0.1) is 0 Å². The Hall–Kier alpha value is -3.34. The van der Waals surface area contributed by atoms with E-state index >= 15 is 0 Å². The van der Waals surface area contributed by atoms with Crippen molar-refractivity contribution < 1.29 is 32.1 Å². The van der Waals surface area contributed by atoms with Crippen LogP contribution in [0.5, 0.6) is 0 Å². The van der Waals surface area contributed by atoms with Crippen molar-refractivity contribution in [1.82, 2.24) is 0 Å². The number of ether oxygens (including phenoxy) is 1. The monoisotopic (exact) mass is 396 g/mol. The van der Waals surface area contributed by atoms with Gasteiger partial charge in [-0.3, -0.25) is 14.9 Å². The lowest BCUT2D eigenvalue weighted by molar-refractivity contribution is -0.387. The Balaban J connectivity index is 2.06. The number of carbonyl (C=O) groups excluding carboxylic acids is 2. The van der Waals surface area contributed by atoms with Crippen LogP contribution in [0.15, 0.2) is 47.4 Å². The molecule has 9 nitrogen and oxygen atoms in total. The first-order valence-corrected chi connectivity index (χ1v) is 9.18. The average Bonchev–Trinajstić information content (AvgIpc) is 2.60. The summed E-state index contributed by atoms with van der Waals surface area (Å²) >= 11 is 0. The summed E-state index contributed by atoms with van der Waals surface area (Å²) in [6.07, 6.45) is 0.924.